The van der Waals surface area contributed by atoms with Crippen molar-refractivity contribution in [2.45, 2.75) is 62.8 Å². The van der Waals surface area contributed by atoms with Gasteiger partial charge in [0.05, 0.1) is 18.0 Å². The van der Waals surface area contributed by atoms with Crippen LogP contribution in [0.25, 0.3) is 11.0 Å². The van der Waals surface area contributed by atoms with Crippen molar-refractivity contribution >= 4 is 16.9 Å². The molecule has 2 aromatic heterocycles. The van der Waals surface area contributed by atoms with Gasteiger partial charge in [-0.3, -0.25) is 4.90 Å². The second-order valence-corrected chi connectivity index (χ2v) is 9.08. The minimum Gasteiger partial charge on any atom is -0.383 e. The van der Waals surface area contributed by atoms with Gasteiger partial charge in [0.1, 0.15) is 24.0 Å². The second kappa shape index (κ2) is 7.39. The Hall–Kier alpha value is -1.84. The fourth-order valence-electron chi connectivity index (χ4n) is 5.63. The molecule has 5 rings (SSSR count). The van der Waals surface area contributed by atoms with Crippen LogP contribution < -0.4 is 5.73 Å². The van der Waals surface area contributed by atoms with E-state index in [0.29, 0.717) is 12.4 Å². The summed E-state index contributed by atoms with van der Waals surface area (Å²) in [6.07, 6.45) is 6.46. The van der Waals surface area contributed by atoms with Crippen molar-refractivity contribution in [1.29, 1.82) is 0 Å². The van der Waals surface area contributed by atoms with Crippen molar-refractivity contribution < 1.29 is 13.5 Å². The Morgan fingerprint density at radius 1 is 1.23 bits per heavy atom. The summed E-state index contributed by atoms with van der Waals surface area (Å²) in [5.74, 6) is -2.16. The Bertz CT molecular complexity index is 910. The highest BCUT2D eigenvalue weighted by Gasteiger charge is 2.55. The van der Waals surface area contributed by atoms with Crippen molar-refractivity contribution in [2.24, 2.45) is 0 Å². The van der Waals surface area contributed by atoms with Crippen molar-refractivity contribution in [1.82, 2.24) is 24.3 Å². The number of anilines is 1. The third-order valence-corrected chi connectivity index (χ3v) is 7.27. The number of ether oxygens (including phenoxy) is 1. The number of nitrogens with two attached hydrogens (primary N) is 1. The van der Waals surface area contributed by atoms with Crippen molar-refractivity contribution in [3.05, 3.63) is 18.6 Å². The van der Waals surface area contributed by atoms with Gasteiger partial charge in [-0.1, -0.05) is 6.92 Å². The molecule has 2 aromatic rings. The molecule has 3 aliphatic heterocycles. The number of hydrogen-bond donors (Lipinski definition) is 1. The van der Waals surface area contributed by atoms with Crippen molar-refractivity contribution in [3.8, 4) is 0 Å². The number of nitrogens with zero attached hydrogens (tertiary/aromatic N) is 5. The van der Waals surface area contributed by atoms with E-state index >= 15 is 0 Å². The first kappa shape index (κ1) is 20.1. The standard InChI is InChI=1S/C21H30F2N6O/c1-2-27-9-6-20(7-10-27)12-21(22,23)13-28(20)11-15-3-4-17(30-15)29-8-5-16-18(24)25-14-26-19(16)29/h5,8,14-15,17H,2-4,6-7,9-13H2,1H3,(H2,24,25,26). The van der Waals surface area contributed by atoms with E-state index in [2.05, 4.69) is 21.8 Å². The number of likely N-dealkylation sites (tertiary alicyclic amines) is 2. The Balaban J connectivity index is 1.29. The smallest absolute Gasteiger partial charge is 0.262 e. The lowest BCUT2D eigenvalue weighted by molar-refractivity contribution is -0.0351. The first-order chi connectivity index (χ1) is 14.4. The molecule has 2 unspecified atom stereocenters. The number of aromatic nitrogens is 3. The molecule has 2 atom stereocenters. The summed E-state index contributed by atoms with van der Waals surface area (Å²) in [6.45, 7) is 5.32. The Kier molecular flexibility index (Phi) is 4.95. The quantitative estimate of drug-likeness (QED) is 0.820. The molecule has 0 saturated carbocycles. The van der Waals surface area contributed by atoms with Gasteiger partial charge in [-0.25, -0.2) is 18.7 Å². The molecule has 164 valence electrons. The maximum Gasteiger partial charge on any atom is 0.262 e. The monoisotopic (exact) mass is 420 g/mol. The van der Waals surface area contributed by atoms with Gasteiger partial charge < -0.3 is 19.9 Å². The van der Waals surface area contributed by atoms with Gasteiger partial charge in [0.25, 0.3) is 5.92 Å². The first-order valence-electron chi connectivity index (χ1n) is 11.0. The van der Waals surface area contributed by atoms with Crippen LogP contribution in [0.15, 0.2) is 18.6 Å². The van der Waals surface area contributed by atoms with E-state index in [1.807, 2.05) is 21.7 Å². The van der Waals surface area contributed by atoms with Gasteiger partial charge in [-0.15, -0.1) is 0 Å². The fraction of sp³-hybridized carbons (Fsp3) is 0.714. The van der Waals surface area contributed by atoms with Gasteiger partial charge in [0.2, 0.25) is 0 Å². The molecule has 3 aliphatic rings. The summed E-state index contributed by atoms with van der Waals surface area (Å²) in [6, 6.07) is 1.90. The summed E-state index contributed by atoms with van der Waals surface area (Å²) in [4.78, 5) is 12.8. The highest BCUT2D eigenvalue weighted by atomic mass is 19.3. The topological polar surface area (TPSA) is 72.4 Å². The van der Waals surface area contributed by atoms with Crippen LogP contribution >= 0.6 is 0 Å². The van der Waals surface area contributed by atoms with Crippen LogP contribution in [-0.4, -0.2) is 74.6 Å². The zero-order chi connectivity index (χ0) is 20.9. The molecular formula is C21H30F2N6O. The summed E-state index contributed by atoms with van der Waals surface area (Å²) < 4.78 is 37.2. The molecule has 0 aliphatic carbocycles. The number of nitrogen functional groups attached to an aromatic ring is 1. The van der Waals surface area contributed by atoms with Gasteiger partial charge in [0, 0.05) is 24.7 Å². The van der Waals surface area contributed by atoms with Gasteiger partial charge in [-0.05, 0) is 51.4 Å². The minimum atomic E-state index is -2.61. The van der Waals surface area contributed by atoms with Crippen LogP contribution in [0.4, 0.5) is 14.6 Å². The zero-order valence-electron chi connectivity index (χ0n) is 17.4. The van der Waals surface area contributed by atoms with Crippen LogP contribution in [0, 0.1) is 0 Å². The number of rotatable bonds is 4. The molecule has 30 heavy (non-hydrogen) atoms. The van der Waals surface area contributed by atoms with Crippen LogP contribution in [-0.2, 0) is 4.74 Å². The molecule has 7 nitrogen and oxygen atoms in total. The summed E-state index contributed by atoms with van der Waals surface area (Å²) >= 11 is 0. The fourth-order valence-corrected chi connectivity index (χ4v) is 5.63. The van der Waals surface area contributed by atoms with E-state index in [9.17, 15) is 8.78 Å². The van der Waals surface area contributed by atoms with Crippen molar-refractivity contribution in [3.63, 3.8) is 0 Å². The zero-order valence-corrected chi connectivity index (χ0v) is 17.4. The number of halogens is 2. The predicted molar refractivity (Wildman–Crippen MR) is 110 cm³/mol. The molecule has 0 aromatic carbocycles. The lowest BCUT2D eigenvalue weighted by Gasteiger charge is -2.45. The number of piperidine rings is 1. The maximum atomic E-state index is 14.5. The highest BCUT2D eigenvalue weighted by molar-refractivity contribution is 5.86. The molecule has 0 bridgehead atoms. The number of hydrogen-bond acceptors (Lipinski definition) is 6. The third-order valence-electron chi connectivity index (χ3n) is 7.27. The lowest BCUT2D eigenvalue weighted by Crippen LogP contribution is -2.53. The molecule has 1 spiro atoms. The highest BCUT2D eigenvalue weighted by Crippen LogP contribution is 2.46. The van der Waals surface area contributed by atoms with Crippen LogP contribution in [0.5, 0.6) is 0 Å². The van der Waals surface area contributed by atoms with E-state index in [4.69, 9.17) is 10.5 Å². The van der Waals surface area contributed by atoms with Crippen LogP contribution in [0.2, 0.25) is 0 Å². The first-order valence-corrected chi connectivity index (χ1v) is 11.0. The SMILES string of the molecule is CCN1CCC2(CC1)CC(F)(F)CN2CC1CCC(n2ccc3c(N)ncnc32)O1. The molecule has 0 amide bonds. The Morgan fingerprint density at radius 2 is 2.03 bits per heavy atom. The van der Waals surface area contributed by atoms with Gasteiger partial charge >= 0.3 is 0 Å². The summed E-state index contributed by atoms with van der Waals surface area (Å²) in [5.41, 5.74) is 6.31. The molecule has 3 fully saturated rings. The van der Waals surface area contributed by atoms with E-state index < -0.39 is 11.5 Å². The largest absolute Gasteiger partial charge is 0.383 e. The predicted octanol–water partition coefficient (Wildman–Crippen LogP) is 2.89. The molecule has 5 heterocycles. The van der Waals surface area contributed by atoms with Gasteiger partial charge in [0.15, 0.2) is 0 Å². The van der Waals surface area contributed by atoms with Gasteiger partial charge in [-0.2, -0.15) is 0 Å². The second-order valence-electron chi connectivity index (χ2n) is 9.08. The third kappa shape index (κ3) is 3.46. The number of alkyl halides is 2. The van der Waals surface area contributed by atoms with Crippen molar-refractivity contribution in [2.75, 3.05) is 38.5 Å². The summed E-state index contributed by atoms with van der Waals surface area (Å²) in [5, 5.41) is 0.811. The summed E-state index contributed by atoms with van der Waals surface area (Å²) in [7, 11) is 0. The minimum absolute atomic E-state index is 0.0217. The average molecular weight is 421 g/mol. The van der Waals surface area contributed by atoms with Crippen LogP contribution in [0.3, 0.4) is 0 Å². The molecule has 3 saturated heterocycles. The van der Waals surface area contributed by atoms with E-state index in [1.54, 1.807) is 0 Å². The molecule has 2 N–H and O–H groups in total. The normalized spacial score (nSPS) is 29.3. The molecular weight excluding hydrogens is 390 g/mol. The van der Waals surface area contributed by atoms with E-state index in [1.165, 1.54) is 6.33 Å². The Labute approximate surface area is 175 Å². The number of fused-ring (bicyclic) bond motifs is 1. The van der Waals surface area contributed by atoms with E-state index in [-0.39, 0.29) is 25.3 Å². The lowest BCUT2D eigenvalue weighted by atomic mass is 9.84. The molecule has 0 radical (unpaired) electrons. The Morgan fingerprint density at radius 3 is 2.80 bits per heavy atom. The van der Waals surface area contributed by atoms with E-state index in [0.717, 1.165) is 56.4 Å². The maximum absolute atomic E-state index is 14.5. The van der Waals surface area contributed by atoms with Crippen LogP contribution in [0.1, 0.15) is 45.3 Å². The average Bonchev–Trinajstić information content (AvgIpc) is 3.40. The molecule has 9 heteroatoms.